The molecule has 1 heterocycles. The molecule has 0 spiro atoms. The number of aliphatic carboxylic acids is 1. The highest BCUT2D eigenvalue weighted by Gasteiger charge is 2.26. The molecular formula is C12H14BrNO4. The molecule has 0 bridgehead atoms. The van der Waals surface area contributed by atoms with Gasteiger partial charge in [-0.2, -0.15) is 0 Å². The van der Waals surface area contributed by atoms with Crippen LogP contribution < -0.4 is 15.2 Å². The van der Waals surface area contributed by atoms with Gasteiger partial charge in [0, 0.05) is 16.6 Å². The van der Waals surface area contributed by atoms with Crippen molar-refractivity contribution in [2.24, 2.45) is 5.73 Å². The van der Waals surface area contributed by atoms with Crippen LogP contribution in [0.3, 0.4) is 0 Å². The maximum Gasteiger partial charge on any atom is 0.312 e. The molecule has 1 unspecified atom stereocenters. The maximum absolute atomic E-state index is 11.2. The summed E-state index contributed by atoms with van der Waals surface area (Å²) < 4.78 is 11.7. The van der Waals surface area contributed by atoms with Crippen molar-refractivity contribution in [2.75, 3.05) is 19.8 Å². The number of nitrogens with two attached hydrogens (primary N) is 1. The number of rotatable bonds is 3. The number of hydrogen-bond acceptors (Lipinski definition) is 4. The van der Waals surface area contributed by atoms with Gasteiger partial charge in [-0.05, 0) is 18.6 Å². The van der Waals surface area contributed by atoms with Crippen molar-refractivity contribution in [1.29, 1.82) is 0 Å². The van der Waals surface area contributed by atoms with E-state index in [1.54, 1.807) is 6.07 Å². The summed E-state index contributed by atoms with van der Waals surface area (Å²) in [4.78, 5) is 11.2. The van der Waals surface area contributed by atoms with Crippen LogP contribution in [-0.2, 0) is 4.79 Å². The van der Waals surface area contributed by atoms with E-state index in [9.17, 15) is 9.90 Å². The highest BCUT2D eigenvalue weighted by Crippen LogP contribution is 2.42. The predicted molar refractivity (Wildman–Crippen MR) is 69.3 cm³/mol. The lowest BCUT2D eigenvalue weighted by molar-refractivity contribution is -0.138. The van der Waals surface area contributed by atoms with Gasteiger partial charge in [0.15, 0.2) is 11.5 Å². The minimum absolute atomic E-state index is 0.0347. The summed E-state index contributed by atoms with van der Waals surface area (Å²) in [7, 11) is 0. The topological polar surface area (TPSA) is 81.8 Å². The number of halogens is 1. The smallest absolute Gasteiger partial charge is 0.312 e. The fourth-order valence-corrected chi connectivity index (χ4v) is 2.54. The van der Waals surface area contributed by atoms with Crippen molar-refractivity contribution in [3.63, 3.8) is 0 Å². The number of benzene rings is 1. The lowest BCUT2D eigenvalue weighted by Crippen LogP contribution is -2.23. The summed E-state index contributed by atoms with van der Waals surface area (Å²) in [6.45, 7) is 2.86. The van der Waals surface area contributed by atoms with Crippen LogP contribution in [0.4, 0.5) is 0 Å². The number of carbonyl (C=O) groups is 1. The van der Waals surface area contributed by atoms with Gasteiger partial charge >= 0.3 is 5.97 Å². The minimum Gasteiger partial charge on any atom is -0.486 e. The Kier molecular flexibility index (Phi) is 3.77. The Balaban J connectivity index is 2.55. The second-order valence-corrected chi connectivity index (χ2v) is 4.85. The van der Waals surface area contributed by atoms with Crippen LogP contribution >= 0.6 is 15.9 Å². The van der Waals surface area contributed by atoms with E-state index in [1.165, 1.54) is 0 Å². The molecule has 98 valence electrons. The van der Waals surface area contributed by atoms with Crippen molar-refractivity contribution in [3.8, 4) is 11.5 Å². The number of carboxylic acids is 1. The summed E-state index contributed by atoms with van der Waals surface area (Å²) in [5, 5.41) is 9.17. The van der Waals surface area contributed by atoms with Crippen LogP contribution in [0.5, 0.6) is 11.5 Å². The van der Waals surface area contributed by atoms with Gasteiger partial charge < -0.3 is 20.3 Å². The molecule has 1 aliphatic rings. The minimum atomic E-state index is -0.950. The SMILES string of the molecule is Cc1c(Br)c(C(CN)C(=O)O)cc2c1OCCO2. The van der Waals surface area contributed by atoms with Crippen LogP contribution in [0.25, 0.3) is 0 Å². The predicted octanol–water partition coefficient (Wildman–Crippen LogP) is 1.66. The first-order valence-electron chi connectivity index (χ1n) is 5.57. The zero-order valence-electron chi connectivity index (χ0n) is 9.90. The van der Waals surface area contributed by atoms with E-state index < -0.39 is 11.9 Å². The lowest BCUT2D eigenvalue weighted by atomic mass is 9.96. The highest BCUT2D eigenvalue weighted by atomic mass is 79.9. The molecule has 0 aliphatic carbocycles. The third-order valence-electron chi connectivity index (χ3n) is 2.93. The zero-order chi connectivity index (χ0) is 13.3. The summed E-state index contributed by atoms with van der Waals surface area (Å²) in [6.07, 6.45) is 0. The van der Waals surface area contributed by atoms with E-state index >= 15 is 0 Å². The zero-order valence-corrected chi connectivity index (χ0v) is 11.5. The Hall–Kier alpha value is -1.27. The first-order valence-corrected chi connectivity index (χ1v) is 6.37. The quantitative estimate of drug-likeness (QED) is 0.886. The van der Waals surface area contributed by atoms with Gasteiger partial charge in [0.2, 0.25) is 0 Å². The maximum atomic E-state index is 11.2. The molecule has 2 rings (SSSR count). The van der Waals surface area contributed by atoms with Gasteiger partial charge in [0.1, 0.15) is 13.2 Å². The van der Waals surface area contributed by atoms with Crippen molar-refractivity contribution < 1.29 is 19.4 Å². The van der Waals surface area contributed by atoms with E-state index in [0.29, 0.717) is 34.7 Å². The Morgan fingerprint density at radius 1 is 1.56 bits per heavy atom. The van der Waals surface area contributed by atoms with E-state index in [4.69, 9.17) is 15.2 Å². The van der Waals surface area contributed by atoms with Crippen LogP contribution in [-0.4, -0.2) is 30.8 Å². The number of fused-ring (bicyclic) bond motifs is 1. The van der Waals surface area contributed by atoms with E-state index in [2.05, 4.69) is 15.9 Å². The van der Waals surface area contributed by atoms with Gasteiger partial charge in [0.05, 0.1) is 5.92 Å². The third kappa shape index (κ3) is 2.18. The molecule has 1 aromatic rings. The Labute approximate surface area is 113 Å². The van der Waals surface area contributed by atoms with E-state index in [1.807, 2.05) is 6.92 Å². The van der Waals surface area contributed by atoms with E-state index in [-0.39, 0.29) is 6.54 Å². The largest absolute Gasteiger partial charge is 0.486 e. The fourth-order valence-electron chi connectivity index (χ4n) is 1.97. The van der Waals surface area contributed by atoms with Gasteiger partial charge in [0.25, 0.3) is 0 Å². The molecule has 0 fully saturated rings. The molecule has 0 radical (unpaired) electrons. The van der Waals surface area contributed by atoms with Gasteiger partial charge in [-0.15, -0.1) is 0 Å². The molecule has 6 heteroatoms. The molecule has 1 aromatic carbocycles. The van der Waals surface area contributed by atoms with Crippen molar-refractivity contribution in [3.05, 3.63) is 21.7 Å². The Bertz CT molecular complexity index is 489. The van der Waals surface area contributed by atoms with Crippen molar-refractivity contribution in [1.82, 2.24) is 0 Å². The molecule has 18 heavy (non-hydrogen) atoms. The van der Waals surface area contributed by atoms with Crippen molar-refractivity contribution >= 4 is 21.9 Å². The number of carboxylic acid groups (broad SMARTS) is 1. The molecular weight excluding hydrogens is 302 g/mol. The average molecular weight is 316 g/mol. The molecule has 0 saturated heterocycles. The number of ether oxygens (including phenoxy) is 2. The van der Waals surface area contributed by atoms with Crippen LogP contribution in [0.15, 0.2) is 10.5 Å². The van der Waals surface area contributed by atoms with Crippen LogP contribution in [0.1, 0.15) is 17.0 Å². The lowest BCUT2D eigenvalue weighted by Gasteiger charge is -2.24. The summed E-state index contributed by atoms with van der Waals surface area (Å²) in [6, 6.07) is 1.69. The van der Waals surface area contributed by atoms with Gasteiger partial charge in [-0.25, -0.2) is 0 Å². The standard InChI is InChI=1S/C12H14BrNO4/c1-6-10(13)7(8(5-14)12(15)16)4-9-11(6)18-3-2-17-9/h4,8H,2-3,5,14H2,1H3,(H,15,16). The molecule has 5 nitrogen and oxygen atoms in total. The second kappa shape index (κ2) is 5.16. The number of hydrogen-bond donors (Lipinski definition) is 2. The summed E-state index contributed by atoms with van der Waals surface area (Å²) >= 11 is 3.41. The van der Waals surface area contributed by atoms with Gasteiger partial charge in [-0.3, -0.25) is 4.79 Å². The normalized spacial score (nSPS) is 15.3. The Morgan fingerprint density at radius 3 is 2.83 bits per heavy atom. The molecule has 0 aromatic heterocycles. The fraction of sp³-hybridized carbons (Fsp3) is 0.417. The Morgan fingerprint density at radius 2 is 2.22 bits per heavy atom. The molecule has 1 atom stereocenters. The molecule has 1 aliphatic heterocycles. The van der Waals surface area contributed by atoms with Crippen LogP contribution in [0, 0.1) is 6.92 Å². The first-order chi connectivity index (χ1) is 8.56. The summed E-state index contributed by atoms with van der Waals surface area (Å²) in [5.41, 5.74) is 6.98. The summed E-state index contributed by atoms with van der Waals surface area (Å²) in [5.74, 6) is -0.460. The van der Waals surface area contributed by atoms with Crippen LogP contribution in [0.2, 0.25) is 0 Å². The van der Waals surface area contributed by atoms with E-state index in [0.717, 1.165) is 5.56 Å². The third-order valence-corrected chi connectivity index (χ3v) is 3.98. The molecule has 0 saturated carbocycles. The molecule has 0 amide bonds. The first kappa shape index (κ1) is 13.2. The molecule has 3 N–H and O–H groups in total. The van der Waals surface area contributed by atoms with Crippen molar-refractivity contribution in [2.45, 2.75) is 12.8 Å². The highest BCUT2D eigenvalue weighted by molar-refractivity contribution is 9.10. The second-order valence-electron chi connectivity index (χ2n) is 4.06. The van der Waals surface area contributed by atoms with Gasteiger partial charge in [-0.1, -0.05) is 15.9 Å². The monoisotopic (exact) mass is 315 g/mol. The average Bonchev–Trinajstić information content (AvgIpc) is 2.36.